The van der Waals surface area contributed by atoms with Gasteiger partial charge >= 0.3 is 12.6 Å². The highest BCUT2D eigenvalue weighted by Crippen LogP contribution is 2.34. The molecule has 2 aromatic rings. The number of hydrogen-bond donors (Lipinski definition) is 0. The van der Waals surface area contributed by atoms with Crippen molar-refractivity contribution in [2.24, 2.45) is 0 Å². The maximum Gasteiger partial charge on any atom is 0.387 e. The summed E-state index contributed by atoms with van der Waals surface area (Å²) in [6.07, 6.45) is 2.81. The molecule has 0 aliphatic rings. The second-order valence-electron chi connectivity index (χ2n) is 6.81. The van der Waals surface area contributed by atoms with E-state index in [1.54, 1.807) is 31.4 Å². The van der Waals surface area contributed by atoms with Crippen LogP contribution in [0.25, 0.3) is 6.08 Å². The third-order valence-electron chi connectivity index (χ3n) is 3.72. The molecule has 0 amide bonds. The number of halogens is 2. The summed E-state index contributed by atoms with van der Waals surface area (Å²) in [5, 5.41) is 0. The molecule has 0 N–H and O–H groups in total. The number of alkyl halides is 2. The molecule has 144 valence electrons. The average molecular weight is 376 g/mol. The van der Waals surface area contributed by atoms with Gasteiger partial charge in [-0.15, -0.1) is 0 Å². The van der Waals surface area contributed by atoms with Crippen molar-refractivity contribution in [3.8, 4) is 17.2 Å². The Kier molecular flexibility index (Phi) is 6.55. The van der Waals surface area contributed by atoms with Gasteiger partial charge in [0.15, 0.2) is 0 Å². The Labute approximate surface area is 157 Å². The maximum atomic E-state index is 12.2. The summed E-state index contributed by atoms with van der Waals surface area (Å²) < 4.78 is 39.3. The summed E-state index contributed by atoms with van der Waals surface area (Å²) in [6.45, 7) is 3.16. The van der Waals surface area contributed by atoms with Gasteiger partial charge in [-0.25, -0.2) is 4.79 Å². The van der Waals surface area contributed by atoms with E-state index >= 15 is 0 Å². The number of carbonyl (C=O) groups is 1. The van der Waals surface area contributed by atoms with Gasteiger partial charge in [0.2, 0.25) is 0 Å². The Morgan fingerprint density at radius 3 is 2.22 bits per heavy atom. The Morgan fingerprint density at radius 2 is 1.67 bits per heavy atom. The van der Waals surface area contributed by atoms with Gasteiger partial charge in [0.1, 0.15) is 17.2 Å². The van der Waals surface area contributed by atoms with Gasteiger partial charge in [0.05, 0.1) is 7.11 Å². The second-order valence-corrected chi connectivity index (χ2v) is 6.81. The van der Waals surface area contributed by atoms with Crippen molar-refractivity contribution in [1.82, 2.24) is 0 Å². The SMILES string of the molecule is COc1ccc(OC(=O)C=Cc2ccc(OC(F)F)cc2)c(C(C)(C)C)c1. The number of rotatable bonds is 6. The molecule has 0 bridgehead atoms. The molecule has 0 aromatic heterocycles. The third-order valence-corrected chi connectivity index (χ3v) is 3.72. The van der Waals surface area contributed by atoms with Crippen LogP contribution in [0.5, 0.6) is 17.2 Å². The van der Waals surface area contributed by atoms with Crippen LogP contribution in [-0.2, 0) is 10.2 Å². The van der Waals surface area contributed by atoms with Gasteiger partial charge in [-0.2, -0.15) is 8.78 Å². The summed E-state index contributed by atoms with van der Waals surface area (Å²) in [4.78, 5) is 12.2. The van der Waals surface area contributed by atoms with Crippen LogP contribution in [0, 0.1) is 0 Å². The highest BCUT2D eigenvalue weighted by atomic mass is 19.3. The summed E-state index contributed by atoms with van der Waals surface area (Å²) >= 11 is 0. The number of hydrogen-bond acceptors (Lipinski definition) is 4. The van der Waals surface area contributed by atoms with Crippen LogP contribution in [0.2, 0.25) is 0 Å². The molecule has 0 unspecified atom stereocenters. The number of esters is 1. The van der Waals surface area contributed by atoms with Crippen molar-refractivity contribution in [3.63, 3.8) is 0 Å². The lowest BCUT2D eigenvalue weighted by Gasteiger charge is -2.22. The van der Waals surface area contributed by atoms with E-state index in [0.29, 0.717) is 17.1 Å². The highest BCUT2D eigenvalue weighted by Gasteiger charge is 2.21. The fourth-order valence-electron chi connectivity index (χ4n) is 2.38. The van der Waals surface area contributed by atoms with Gasteiger partial charge in [-0.1, -0.05) is 32.9 Å². The van der Waals surface area contributed by atoms with Crippen LogP contribution >= 0.6 is 0 Å². The van der Waals surface area contributed by atoms with Gasteiger partial charge in [0, 0.05) is 11.6 Å². The van der Waals surface area contributed by atoms with Crippen molar-refractivity contribution in [1.29, 1.82) is 0 Å². The quantitative estimate of drug-likeness (QED) is 0.394. The molecule has 0 heterocycles. The molecule has 0 spiro atoms. The fourth-order valence-corrected chi connectivity index (χ4v) is 2.38. The van der Waals surface area contributed by atoms with Crippen LogP contribution < -0.4 is 14.2 Å². The summed E-state index contributed by atoms with van der Waals surface area (Å²) in [7, 11) is 1.58. The van der Waals surface area contributed by atoms with Crippen LogP contribution in [0.3, 0.4) is 0 Å². The molecule has 0 saturated heterocycles. The van der Waals surface area contributed by atoms with Crippen molar-refractivity contribution in [2.75, 3.05) is 7.11 Å². The van der Waals surface area contributed by atoms with Crippen LogP contribution in [0.15, 0.2) is 48.5 Å². The first kappa shape index (κ1) is 20.4. The molecule has 0 aliphatic heterocycles. The first-order valence-corrected chi connectivity index (χ1v) is 8.32. The molecule has 0 atom stereocenters. The molecule has 0 radical (unpaired) electrons. The van der Waals surface area contributed by atoms with E-state index in [1.165, 1.54) is 24.3 Å². The topological polar surface area (TPSA) is 44.8 Å². The van der Waals surface area contributed by atoms with E-state index in [2.05, 4.69) is 4.74 Å². The Hall–Kier alpha value is -2.89. The van der Waals surface area contributed by atoms with E-state index in [9.17, 15) is 13.6 Å². The minimum atomic E-state index is -2.87. The molecule has 27 heavy (non-hydrogen) atoms. The summed E-state index contributed by atoms with van der Waals surface area (Å²) in [5.74, 6) is 0.649. The van der Waals surface area contributed by atoms with Gasteiger partial charge in [-0.3, -0.25) is 0 Å². The standard InChI is InChI=1S/C21H22F2O4/c1-21(2,3)17-13-16(25-4)10-11-18(17)27-19(24)12-7-14-5-8-15(9-6-14)26-20(22)23/h5-13,20H,1-4H3. The zero-order valence-corrected chi connectivity index (χ0v) is 15.7. The Morgan fingerprint density at radius 1 is 1.04 bits per heavy atom. The smallest absolute Gasteiger partial charge is 0.387 e. The number of methoxy groups -OCH3 is 1. The molecule has 0 fully saturated rings. The highest BCUT2D eigenvalue weighted by molar-refractivity contribution is 5.89. The molecule has 0 aliphatic carbocycles. The van der Waals surface area contributed by atoms with Crippen molar-refractivity contribution in [3.05, 3.63) is 59.7 Å². The molecule has 2 rings (SSSR count). The number of carbonyl (C=O) groups excluding carboxylic acids is 1. The van der Waals surface area contributed by atoms with E-state index in [4.69, 9.17) is 9.47 Å². The van der Waals surface area contributed by atoms with Crippen LogP contribution in [-0.4, -0.2) is 19.7 Å². The first-order chi connectivity index (χ1) is 12.7. The van der Waals surface area contributed by atoms with E-state index < -0.39 is 12.6 Å². The van der Waals surface area contributed by atoms with E-state index in [0.717, 1.165) is 5.56 Å². The lowest BCUT2D eigenvalue weighted by molar-refractivity contribution is -0.129. The number of benzene rings is 2. The zero-order chi connectivity index (χ0) is 20.0. The van der Waals surface area contributed by atoms with Crippen molar-refractivity contribution < 1.29 is 27.8 Å². The molecule has 0 saturated carbocycles. The van der Waals surface area contributed by atoms with Crippen LogP contribution in [0.4, 0.5) is 8.78 Å². The predicted molar refractivity (Wildman–Crippen MR) is 99.4 cm³/mol. The molecular weight excluding hydrogens is 354 g/mol. The van der Waals surface area contributed by atoms with Crippen molar-refractivity contribution >= 4 is 12.0 Å². The Balaban J connectivity index is 2.10. The molecule has 6 heteroatoms. The first-order valence-electron chi connectivity index (χ1n) is 8.32. The van der Waals surface area contributed by atoms with Crippen LogP contribution in [0.1, 0.15) is 31.9 Å². The third kappa shape index (κ3) is 6.09. The van der Waals surface area contributed by atoms with E-state index in [-0.39, 0.29) is 11.2 Å². The average Bonchev–Trinajstić information content (AvgIpc) is 2.60. The molecule has 2 aromatic carbocycles. The second kappa shape index (κ2) is 8.66. The number of ether oxygens (including phenoxy) is 3. The maximum absolute atomic E-state index is 12.2. The predicted octanol–water partition coefficient (Wildman–Crippen LogP) is 5.21. The normalized spacial score (nSPS) is 11.7. The van der Waals surface area contributed by atoms with Crippen molar-refractivity contribution in [2.45, 2.75) is 32.8 Å². The summed E-state index contributed by atoms with van der Waals surface area (Å²) in [5.41, 5.74) is 1.26. The lowest BCUT2D eigenvalue weighted by atomic mass is 9.86. The lowest BCUT2D eigenvalue weighted by Crippen LogP contribution is -2.15. The van der Waals surface area contributed by atoms with Gasteiger partial charge < -0.3 is 14.2 Å². The molecule has 4 nitrogen and oxygen atoms in total. The molecular formula is C21H22F2O4. The fraction of sp³-hybridized carbons (Fsp3) is 0.286. The summed E-state index contributed by atoms with van der Waals surface area (Å²) in [6, 6.07) is 11.2. The largest absolute Gasteiger partial charge is 0.497 e. The van der Waals surface area contributed by atoms with Gasteiger partial charge in [0.25, 0.3) is 0 Å². The Bertz CT molecular complexity index is 806. The van der Waals surface area contributed by atoms with Gasteiger partial charge in [-0.05, 0) is 47.4 Å². The minimum Gasteiger partial charge on any atom is -0.497 e. The minimum absolute atomic E-state index is 0.0535. The van der Waals surface area contributed by atoms with E-state index in [1.807, 2.05) is 26.8 Å². The zero-order valence-electron chi connectivity index (χ0n) is 15.7. The monoisotopic (exact) mass is 376 g/mol.